The molecule has 0 aliphatic heterocycles. The maximum Gasteiger partial charge on any atom is 0.164 e. The van der Waals surface area contributed by atoms with Gasteiger partial charge in [-0.2, -0.15) is 0 Å². The average molecular weight is 312 g/mol. The summed E-state index contributed by atoms with van der Waals surface area (Å²) in [6, 6.07) is 3.93. The lowest BCUT2D eigenvalue weighted by atomic mass is 9.86. The summed E-state index contributed by atoms with van der Waals surface area (Å²) in [5.74, 6) is 2.13. The van der Waals surface area contributed by atoms with Crippen LogP contribution in [0.1, 0.15) is 53.5 Å². The summed E-state index contributed by atoms with van der Waals surface area (Å²) in [6.07, 6.45) is 8.56. The summed E-state index contributed by atoms with van der Waals surface area (Å²) in [7, 11) is 0. The topological polar surface area (TPSA) is 44.1 Å². The predicted octanol–water partition coefficient (Wildman–Crippen LogP) is 3.74. The molecule has 1 aliphatic carbocycles. The third-order valence-corrected chi connectivity index (χ3v) is 4.60. The second-order valence-corrected chi connectivity index (χ2v) is 6.05. The molecule has 0 bridgehead atoms. The van der Waals surface area contributed by atoms with Gasteiger partial charge in [-0.1, -0.05) is 0 Å². The first-order valence-electron chi connectivity index (χ1n) is 8.49. The number of aromatic nitrogens is 2. The molecule has 0 saturated carbocycles. The molecule has 23 heavy (non-hydrogen) atoms. The number of ketones is 1. The second kappa shape index (κ2) is 6.99. The van der Waals surface area contributed by atoms with Crippen molar-refractivity contribution in [2.24, 2.45) is 0 Å². The molecule has 0 amide bonds. The number of Topliss-reactive ketones (excluding diaryl/α,β-unsaturated/α-hetero) is 1. The van der Waals surface area contributed by atoms with Gasteiger partial charge in [0.25, 0.3) is 0 Å². The van der Waals surface area contributed by atoms with E-state index in [4.69, 9.17) is 4.74 Å². The molecule has 122 valence electrons. The van der Waals surface area contributed by atoms with Gasteiger partial charge in [0.1, 0.15) is 11.6 Å². The summed E-state index contributed by atoms with van der Waals surface area (Å²) >= 11 is 0. The molecule has 1 aromatic carbocycles. The highest BCUT2D eigenvalue weighted by molar-refractivity contribution is 5.98. The van der Waals surface area contributed by atoms with Crippen LogP contribution in [0.15, 0.2) is 24.5 Å². The van der Waals surface area contributed by atoms with E-state index in [9.17, 15) is 4.79 Å². The van der Waals surface area contributed by atoms with Gasteiger partial charge >= 0.3 is 0 Å². The molecule has 0 radical (unpaired) electrons. The van der Waals surface area contributed by atoms with E-state index in [0.717, 1.165) is 36.4 Å². The predicted molar refractivity (Wildman–Crippen MR) is 90.2 cm³/mol. The SMILES string of the molecule is CCOc1ccc(C(=O)CCn2ccnc2C)c2c1CCCC2. The number of carbonyl (C=O) groups excluding carboxylic acids is 1. The normalized spacial score (nSPS) is 13.7. The molecule has 3 rings (SSSR count). The molecular formula is C19H24N2O2. The van der Waals surface area contributed by atoms with Crippen molar-refractivity contribution in [2.75, 3.05) is 6.61 Å². The van der Waals surface area contributed by atoms with Crippen LogP contribution in [-0.4, -0.2) is 21.9 Å². The van der Waals surface area contributed by atoms with Crippen LogP contribution in [-0.2, 0) is 19.4 Å². The fraction of sp³-hybridized carbons (Fsp3) is 0.474. The minimum Gasteiger partial charge on any atom is -0.494 e. The van der Waals surface area contributed by atoms with E-state index in [1.807, 2.05) is 36.7 Å². The number of ether oxygens (including phenoxy) is 1. The van der Waals surface area contributed by atoms with Crippen molar-refractivity contribution in [3.63, 3.8) is 0 Å². The standard InChI is InChI=1S/C19H24N2O2/c1-3-23-19-9-8-16(15-6-4-5-7-17(15)19)18(22)10-12-21-13-11-20-14(21)2/h8-9,11,13H,3-7,10,12H2,1-2H3. The molecule has 2 aromatic rings. The number of fused-ring (bicyclic) bond motifs is 1. The van der Waals surface area contributed by atoms with Crippen molar-refractivity contribution in [3.05, 3.63) is 47.0 Å². The van der Waals surface area contributed by atoms with Crippen LogP contribution in [0.4, 0.5) is 0 Å². The van der Waals surface area contributed by atoms with Crippen LogP contribution in [0.2, 0.25) is 0 Å². The first-order chi connectivity index (χ1) is 11.2. The Morgan fingerprint density at radius 2 is 2.04 bits per heavy atom. The maximum absolute atomic E-state index is 12.7. The molecule has 0 atom stereocenters. The Morgan fingerprint density at radius 3 is 2.74 bits per heavy atom. The fourth-order valence-corrected chi connectivity index (χ4v) is 3.38. The lowest BCUT2D eigenvalue weighted by Gasteiger charge is -2.22. The Morgan fingerprint density at radius 1 is 1.26 bits per heavy atom. The van der Waals surface area contributed by atoms with Crippen LogP contribution in [0.3, 0.4) is 0 Å². The Labute approximate surface area is 137 Å². The molecule has 4 nitrogen and oxygen atoms in total. The molecule has 0 unspecified atom stereocenters. The summed E-state index contributed by atoms with van der Waals surface area (Å²) in [5.41, 5.74) is 3.36. The molecular weight excluding hydrogens is 288 g/mol. The minimum absolute atomic E-state index is 0.222. The van der Waals surface area contributed by atoms with E-state index in [1.54, 1.807) is 6.20 Å². The summed E-state index contributed by atoms with van der Waals surface area (Å²) in [4.78, 5) is 16.9. The van der Waals surface area contributed by atoms with Gasteiger partial charge in [0, 0.05) is 30.9 Å². The Hall–Kier alpha value is -2.10. The Bertz CT molecular complexity index is 703. The number of imidazole rings is 1. The zero-order valence-electron chi connectivity index (χ0n) is 14.0. The number of hydrogen-bond donors (Lipinski definition) is 0. The molecule has 0 N–H and O–H groups in total. The van der Waals surface area contributed by atoms with Gasteiger partial charge in [0.15, 0.2) is 5.78 Å². The monoisotopic (exact) mass is 312 g/mol. The van der Waals surface area contributed by atoms with Crippen LogP contribution in [0, 0.1) is 6.92 Å². The smallest absolute Gasteiger partial charge is 0.164 e. The average Bonchev–Trinajstić information content (AvgIpc) is 2.98. The highest BCUT2D eigenvalue weighted by Gasteiger charge is 2.21. The van der Waals surface area contributed by atoms with Crippen molar-refractivity contribution in [1.82, 2.24) is 9.55 Å². The van der Waals surface area contributed by atoms with Gasteiger partial charge in [-0.3, -0.25) is 4.79 Å². The molecule has 1 aliphatic rings. The van der Waals surface area contributed by atoms with Crippen LogP contribution in [0.25, 0.3) is 0 Å². The molecule has 0 fully saturated rings. The molecule has 0 spiro atoms. The third-order valence-electron chi connectivity index (χ3n) is 4.60. The van der Waals surface area contributed by atoms with Gasteiger partial charge in [0.2, 0.25) is 0 Å². The fourth-order valence-electron chi connectivity index (χ4n) is 3.38. The van der Waals surface area contributed by atoms with Crippen molar-refractivity contribution < 1.29 is 9.53 Å². The van der Waals surface area contributed by atoms with Gasteiger partial charge in [-0.15, -0.1) is 0 Å². The summed E-state index contributed by atoms with van der Waals surface area (Å²) in [5, 5.41) is 0. The van der Waals surface area contributed by atoms with E-state index >= 15 is 0 Å². The zero-order valence-corrected chi connectivity index (χ0v) is 14.0. The van der Waals surface area contributed by atoms with Gasteiger partial charge in [-0.05, 0) is 62.8 Å². The molecule has 1 heterocycles. The summed E-state index contributed by atoms with van der Waals surface area (Å²) in [6.45, 7) is 5.32. The van der Waals surface area contributed by atoms with E-state index in [1.165, 1.54) is 17.5 Å². The lowest BCUT2D eigenvalue weighted by Crippen LogP contribution is -2.14. The number of rotatable bonds is 6. The Balaban J connectivity index is 1.81. The van der Waals surface area contributed by atoms with E-state index in [-0.39, 0.29) is 5.78 Å². The molecule has 4 heteroatoms. The quantitative estimate of drug-likeness (QED) is 0.763. The first kappa shape index (κ1) is 15.8. The highest BCUT2D eigenvalue weighted by Crippen LogP contribution is 2.33. The second-order valence-electron chi connectivity index (χ2n) is 6.05. The number of carbonyl (C=O) groups is 1. The minimum atomic E-state index is 0.222. The van der Waals surface area contributed by atoms with Crippen molar-refractivity contribution >= 4 is 5.78 Å². The number of benzene rings is 1. The maximum atomic E-state index is 12.7. The zero-order chi connectivity index (χ0) is 16.2. The van der Waals surface area contributed by atoms with Gasteiger partial charge in [0.05, 0.1) is 6.61 Å². The van der Waals surface area contributed by atoms with Gasteiger partial charge in [-0.25, -0.2) is 4.98 Å². The summed E-state index contributed by atoms with van der Waals surface area (Å²) < 4.78 is 7.78. The number of aryl methyl sites for hydroxylation is 2. The molecule has 1 aromatic heterocycles. The molecule has 0 saturated heterocycles. The van der Waals surface area contributed by atoms with Crippen LogP contribution >= 0.6 is 0 Å². The van der Waals surface area contributed by atoms with Crippen LogP contribution < -0.4 is 4.74 Å². The van der Waals surface area contributed by atoms with Crippen molar-refractivity contribution in [3.8, 4) is 5.75 Å². The van der Waals surface area contributed by atoms with E-state index in [2.05, 4.69) is 4.98 Å². The van der Waals surface area contributed by atoms with Crippen molar-refractivity contribution in [2.45, 2.75) is 52.5 Å². The van der Waals surface area contributed by atoms with E-state index < -0.39 is 0 Å². The van der Waals surface area contributed by atoms with Crippen LogP contribution in [0.5, 0.6) is 5.75 Å². The Kier molecular flexibility index (Phi) is 4.79. The van der Waals surface area contributed by atoms with Crippen molar-refractivity contribution in [1.29, 1.82) is 0 Å². The van der Waals surface area contributed by atoms with Gasteiger partial charge < -0.3 is 9.30 Å². The lowest BCUT2D eigenvalue weighted by molar-refractivity contribution is 0.0975. The van der Waals surface area contributed by atoms with E-state index in [0.29, 0.717) is 19.6 Å². The largest absolute Gasteiger partial charge is 0.494 e. The highest BCUT2D eigenvalue weighted by atomic mass is 16.5. The number of nitrogens with zero attached hydrogens (tertiary/aromatic N) is 2. The number of hydrogen-bond acceptors (Lipinski definition) is 3. The third kappa shape index (κ3) is 3.31. The first-order valence-corrected chi connectivity index (χ1v) is 8.49.